The molecule has 1 fully saturated rings. The average Bonchev–Trinajstić information content (AvgIpc) is 2.82. The average molecular weight is 437 g/mol. The first-order valence-corrected chi connectivity index (χ1v) is 11.5. The van der Waals surface area contributed by atoms with Gasteiger partial charge in [-0.2, -0.15) is 0 Å². The maximum Gasteiger partial charge on any atom is 0.224 e. The molecule has 0 aliphatic carbocycles. The number of ether oxygens (including phenoxy) is 2. The zero-order valence-corrected chi connectivity index (χ0v) is 18.7. The number of hydrogen-bond acceptors (Lipinski definition) is 4. The van der Waals surface area contributed by atoms with Gasteiger partial charge >= 0.3 is 0 Å². The molecular weight excluding hydrogens is 404 g/mol. The number of rotatable bonds is 7. The van der Waals surface area contributed by atoms with Crippen LogP contribution in [-0.2, 0) is 11.2 Å². The van der Waals surface area contributed by atoms with Crippen molar-refractivity contribution in [2.45, 2.75) is 38.7 Å². The Morgan fingerprint density at radius 1 is 1.12 bits per heavy atom. The summed E-state index contributed by atoms with van der Waals surface area (Å²) in [5, 5.41) is 6.30. The Balaban J connectivity index is 1.25. The third-order valence-corrected chi connectivity index (χ3v) is 5.72. The number of benzene rings is 2. The van der Waals surface area contributed by atoms with Crippen LogP contribution in [0.25, 0.3) is 0 Å². The number of para-hydroxylation sites is 1. The summed E-state index contributed by atoms with van der Waals surface area (Å²) in [4.78, 5) is 18.6. The predicted octanol–water partition coefficient (Wildman–Crippen LogP) is 3.46. The lowest BCUT2D eigenvalue weighted by Gasteiger charge is -2.34. The molecule has 1 amide bonds. The van der Waals surface area contributed by atoms with Gasteiger partial charge in [-0.3, -0.25) is 4.79 Å². The number of hydrogen-bond donors (Lipinski definition) is 2. The summed E-state index contributed by atoms with van der Waals surface area (Å²) >= 11 is 0. The van der Waals surface area contributed by atoms with E-state index in [1.54, 1.807) is 0 Å². The molecule has 0 unspecified atom stereocenters. The van der Waals surface area contributed by atoms with E-state index in [1.807, 2.05) is 48.5 Å². The molecule has 0 aromatic heterocycles. The standard InChI is InChI=1S/C25H32N4O3/c1-2-26-25(29-15-12-21(13-16-29)32-20-6-4-3-5-7-20)27-14-17-31-22-9-10-23-19(18-22)8-11-24(30)28-23/h3-7,9-10,18,21H,2,8,11-17H2,1H3,(H,26,27)(H,28,30). The SMILES string of the molecule is CCNC(=NCCOc1ccc2c(c1)CCC(=O)N2)N1CCC(Oc2ccccc2)CC1. The van der Waals surface area contributed by atoms with E-state index >= 15 is 0 Å². The fraction of sp³-hybridized carbons (Fsp3) is 0.440. The highest BCUT2D eigenvalue weighted by molar-refractivity contribution is 5.94. The van der Waals surface area contributed by atoms with E-state index in [0.717, 1.165) is 67.6 Å². The molecule has 4 rings (SSSR count). The van der Waals surface area contributed by atoms with Crippen LogP contribution in [-0.4, -0.2) is 55.7 Å². The molecule has 2 aromatic carbocycles. The van der Waals surface area contributed by atoms with Crippen LogP contribution < -0.4 is 20.1 Å². The van der Waals surface area contributed by atoms with E-state index in [-0.39, 0.29) is 12.0 Å². The Bertz CT molecular complexity index is 924. The van der Waals surface area contributed by atoms with Crippen molar-refractivity contribution >= 4 is 17.6 Å². The molecule has 0 radical (unpaired) electrons. The van der Waals surface area contributed by atoms with E-state index in [1.165, 1.54) is 0 Å². The molecule has 32 heavy (non-hydrogen) atoms. The molecule has 0 bridgehead atoms. The minimum absolute atomic E-state index is 0.0760. The second kappa shape index (κ2) is 10.9. The summed E-state index contributed by atoms with van der Waals surface area (Å²) < 4.78 is 12.0. The fourth-order valence-corrected chi connectivity index (χ4v) is 4.07. The first kappa shape index (κ1) is 22.0. The predicted molar refractivity (Wildman–Crippen MR) is 127 cm³/mol. The van der Waals surface area contributed by atoms with Gasteiger partial charge in [-0.1, -0.05) is 18.2 Å². The molecule has 2 heterocycles. The van der Waals surface area contributed by atoms with Gasteiger partial charge in [0.25, 0.3) is 0 Å². The van der Waals surface area contributed by atoms with Crippen molar-refractivity contribution in [1.82, 2.24) is 10.2 Å². The largest absolute Gasteiger partial charge is 0.492 e. The number of piperidine rings is 1. The summed E-state index contributed by atoms with van der Waals surface area (Å²) in [5.74, 6) is 2.77. The third kappa shape index (κ3) is 5.93. The van der Waals surface area contributed by atoms with E-state index in [4.69, 9.17) is 14.5 Å². The quantitative estimate of drug-likeness (QED) is 0.395. The van der Waals surface area contributed by atoms with Gasteiger partial charge in [0.05, 0.1) is 6.54 Å². The molecule has 0 spiro atoms. The van der Waals surface area contributed by atoms with Gasteiger partial charge in [0, 0.05) is 44.6 Å². The zero-order chi connectivity index (χ0) is 22.2. The van der Waals surface area contributed by atoms with Gasteiger partial charge in [-0.05, 0) is 49.2 Å². The molecule has 7 heteroatoms. The molecular formula is C25H32N4O3. The molecule has 2 aliphatic heterocycles. The van der Waals surface area contributed by atoms with Crippen molar-refractivity contribution in [3.63, 3.8) is 0 Å². The van der Waals surface area contributed by atoms with E-state index in [9.17, 15) is 4.79 Å². The summed E-state index contributed by atoms with van der Waals surface area (Å²) in [5.41, 5.74) is 2.01. The van der Waals surface area contributed by atoms with Gasteiger partial charge in [0.2, 0.25) is 5.91 Å². The minimum Gasteiger partial charge on any atom is -0.492 e. The van der Waals surface area contributed by atoms with E-state index in [0.29, 0.717) is 19.6 Å². The van der Waals surface area contributed by atoms with Crippen molar-refractivity contribution in [2.75, 3.05) is 38.1 Å². The monoisotopic (exact) mass is 436 g/mol. The van der Waals surface area contributed by atoms with Crippen LogP contribution >= 0.6 is 0 Å². The molecule has 0 atom stereocenters. The van der Waals surface area contributed by atoms with Crippen LogP contribution in [0, 0.1) is 0 Å². The molecule has 170 valence electrons. The Hall–Kier alpha value is -3.22. The van der Waals surface area contributed by atoms with Gasteiger partial charge < -0.3 is 25.0 Å². The van der Waals surface area contributed by atoms with Gasteiger partial charge in [-0.15, -0.1) is 0 Å². The maximum absolute atomic E-state index is 11.5. The number of likely N-dealkylation sites (tertiary alicyclic amines) is 1. The number of carbonyl (C=O) groups excluding carboxylic acids is 1. The molecule has 2 aromatic rings. The maximum atomic E-state index is 11.5. The third-order valence-electron chi connectivity index (χ3n) is 5.72. The lowest BCUT2D eigenvalue weighted by atomic mass is 10.0. The fourth-order valence-electron chi connectivity index (χ4n) is 4.07. The van der Waals surface area contributed by atoms with Crippen molar-refractivity contribution in [3.05, 3.63) is 54.1 Å². The molecule has 7 nitrogen and oxygen atoms in total. The van der Waals surface area contributed by atoms with Crippen LogP contribution in [0.5, 0.6) is 11.5 Å². The number of carbonyl (C=O) groups is 1. The van der Waals surface area contributed by atoms with Gasteiger partial charge in [-0.25, -0.2) is 4.99 Å². The normalized spacial score (nSPS) is 16.8. The van der Waals surface area contributed by atoms with E-state index in [2.05, 4.69) is 22.5 Å². The number of amides is 1. The highest BCUT2D eigenvalue weighted by Gasteiger charge is 2.22. The molecule has 1 saturated heterocycles. The first-order valence-electron chi connectivity index (χ1n) is 11.5. The van der Waals surface area contributed by atoms with Gasteiger partial charge in [0.1, 0.15) is 24.2 Å². The Morgan fingerprint density at radius 2 is 1.94 bits per heavy atom. The molecule has 0 saturated carbocycles. The van der Waals surface area contributed by atoms with E-state index < -0.39 is 0 Å². The van der Waals surface area contributed by atoms with Crippen LogP contribution in [0.1, 0.15) is 31.7 Å². The summed E-state index contributed by atoms with van der Waals surface area (Å²) in [7, 11) is 0. The Kier molecular flexibility index (Phi) is 7.48. The second-order valence-corrected chi connectivity index (χ2v) is 8.07. The number of aliphatic imine (C=N–C) groups is 1. The van der Waals surface area contributed by atoms with Crippen LogP contribution in [0.4, 0.5) is 5.69 Å². The Labute approximate surface area is 189 Å². The number of fused-ring (bicyclic) bond motifs is 1. The van der Waals surface area contributed by atoms with Crippen LogP contribution in [0.15, 0.2) is 53.5 Å². The van der Waals surface area contributed by atoms with Crippen LogP contribution in [0.2, 0.25) is 0 Å². The number of anilines is 1. The van der Waals surface area contributed by atoms with Crippen molar-refractivity contribution < 1.29 is 14.3 Å². The highest BCUT2D eigenvalue weighted by atomic mass is 16.5. The summed E-state index contributed by atoms with van der Waals surface area (Å²) in [6.45, 7) is 5.84. The Morgan fingerprint density at radius 3 is 2.72 bits per heavy atom. The van der Waals surface area contributed by atoms with Crippen LogP contribution in [0.3, 0.4) is 0 Å². The van der Waals surface area contributed by atoms with Crippen molar-refractivity contribution in [3.8, 4) is 11.5 Å². The number of nitrogens with zero attached hydrogens (tertiary/aromatic N) is 2. The van der Waals surface area contributed by atoms with Gasteiger partial charge in [0.15, 0.2) is 5.96 Å². The molecule has 2 N–H and O–H groups in total. The smallest absolute Gasteiger partial charge is 0.224 e. The minimum atomic E-state index is 0.0760. The van der Waals surface area contributed by atoms with Crippen molar-refractivity contribution in [2.24, 2.45) is 4.99 Å². The second-order valence-electron chi connectivity index (χ2n) is 8.07. The number of guanidine groups is 1. The molecule has 2 aliphatic rings. The summed E-state index contributed by atoms with van der Waals surface area (Å²) in [6.07, 6.45) is 3.47. The summed E-state index contributed by atoms with van der Waals surface area (Å²) in [6, 6.07) is 15.9. The first-order chi connectivity index (χ1) is 15.7. The number of aryl methyl sites for hydroxylation is 1. The zero-order valence-electron chi connectivity index (χ0n) is 18.7. The lowest BCUT2D eigenvalue weighted by molar-refractivity contribution is -0.116. The lowest BCUT2D eigenvalue weighted by Crippen LogP contribution is -2.47. The van der Waals surface area contributed by atoms with Crippen molar-refractivity contribution in [1.29, 1.82) is 0 Å². The highest BCUT2D eigenvalue weighted by Crippen LogP contribution is 2.26. The number of nitrogens with one attached hydrogen (secondary N) is 2. The topological polar surface area (TPSA) is 75.2 Å².